The lowest BCUT2D eigenvalue weighted by Gasteiger charge is -1.98. The fraction of sp³-hybridized carbons (Fsp3) is 0. The lowest BCUT2D eigenvalue weighted by atomic mass is 10.2. The molecule has 0 aliphatic carbocycles. The van der Waals surface area contributed by atoms with Gasteiger partial charge in [-0.2, -0.15) is 0 Å². The predicted molar refractivity (Wildman–Crippen MR) is 49.7 cm³/mol. The number of hydrogen-bond acceptors (Lipinski definition) is 4. The Hall–Kier alpha value is -1.97. The summed E-state index contributed by atoms with van der Waals surface area (Å²) < 4.78 is 0. The Morgan fingerprint density at radius 3 is 2.62 bits per heavy atom. The molecule has 13 heavy (non-hydrogen) atoms. The molecule has 0 radical (unpaired) electrons. The molecule has 0 unspecified atom stereocenters. The molecule has 64 valence electrons. The Labute approximate surface area is 75.5 Å². The second kappa shape index (κ2) is 3.18. The summed E-state index contributed by atoms with van der Waals surface area (Å²) >= 11 is 0. The second-order valence-electron chi connectivity index (χ2n) is 2.54. The molecule has 2 aromatic heterocycles. The summed E-state index contributed by atoms with van der Waals surface area (Å²) in [6, 6.07) is 7.33. The van der Waals surface area contributed by atoms with E-state index in [-0.39, 0.29) is 0 Å². The maximum atomic E-state index is 5.52. The van der Waals surface area contributed by atoms with Crippen molar-refractivity contribution in [2.75, 3.05) is 5.73 Å². The van der Waals surface area contributed by atoms with Gasteiger partial charge in [-0.3, -0.25) is 4.98 Å². The van der Waals surface area contributed by atoms with Crippen LogP contribution < -0.4 is 5.73 Å². The van der Waals surface area contributed by atoms with Crippen molar-refractivity contribution in [3.05, 3.63) is 36.8 Å². The topological polar surface area (TPSA) is 64.7 Å². The number of anilines is 1. The number of nitrogen functional groups attached to an aromatic ring is 1. The van der Waals surface area contributed by atoms with Gasteiger partial charge in [0.05, 0.1) is 11.4 Å². The van der Waals surface area contributed by atoms with Crippen LogP contribution in [0.4, 0.5) is 5.82 Å². The van der Waals surface area contributed by atoms with E-state index in [1.165, 1.54) is 6.33 Å². The summed E-state index contributed by atoms with van der Waals surface area (Å²) in [6.45, 7) is 0. The summed E-state index contributed by atoms with van der Waals surface area (Å²) in [5.41, 5.74) is 7.06. The fourth-order valence-corrected chi connectivity index (χ4v) is 1.03. The first-order valence-corrected chi connectivity index (χ1v) is 3.85. The van der Waals surface area contributed by atoms with E-state index in [0.29, 0.717) is 5.82 Å². The van der Waals surface area contributed by atoms with Gasteiger partial charge in [-0.1, -0.05) is 6.07 Å². The van der Waals surface area contributed by atoms with Crippen molar-refractivity contribution < 1.29 is 0 Å². The van der Waals surface area contributed by atoms with Crippen LogP contribution in [-0.4, -0.2) is 15.0 Å². The standard InChI is InChI=1S/C9H8N4/c10-9-5-8(12-6-13-9)7-3-1-2-4-11-7/h1-6H,(H2,10,12,13). The fourth-order valence-electron chi connectivity index (χ4n) is 1.03. The van der Waals surface area contributed by atoms with E-state index in [9.17, 15) is 0 Å². The molecule has 0 amide bonds. The van der Waals surface area contributed by atoms with Crippen LogP contribution in [0.2, 0.25) is 0 Å². The molecule has 0 fully saturated rings. The minimum atomic E-state index is 0.454. The van der Waals surface area contributed by atoms with Crippen LogP contribution in [0.1, 0.15) is 0 Å². The van der Waals surface area contributed by atoms with Crippen molar-refractivity contribution in [2.24, 2.45) is 0 Å². The van der Waals surface area contributed by atoms with Crippen LogP contribution in [-0.2, 0) is 0 Å². The Kier molecular flexibility index (Phi) is 1.88. The number of pyridine rings is 1. The Bertz CT molecular complexity index is 399. The molecule has 2 aromatic rings. The summed E-state index contributed by atoms with van der Waals surface area (Å²) in [7, 11) is 0. The lowest BCUT2D eigenvalue weighted by molar-refractivity contribution is 1.16. The van der Waals surface area contributed by atoms with E-state index in [0.717, 1.165) is 11.4 Å². The van der Waals surface area contributed by atoms with Crippen LogP contribution in [0.3, 0.4) is 0 Å². The molecule has 0 bridgehead atoms. The van der Waals surface area contributed by atoms with Crippen molar-refractivity contribution >= 4 is 5.82 Å². The first-order chi connectivity index (χ1) is 6.36. The Morgan fingerprint density at radius 1 is 1.00 bits per heavy atom. The zero-order valence-electron chi connectivity index (χ0n) is 6.88. The number of aromatic nitrogens is 3. The molecule has 4 nitrogen and oxygen atoms in total. The van der Waals surface area contributed by atoms with Crippen molar-refractivity contribution in [3.63, 3.8) is 0 Å². The molecule has 0 saturated carbocycles. The second-order valence-corrected chi connectivity index (χ2v) is 2.54. The molecule has 0 saturated heterocycles. The van der Waals surface area contributed by atoms with Crippen LogP contribution in [0.5, 0.6) is 0 Å². The average Bonchev–Trinajstić information content (AvgIpc) is 2.19. The molecule has 4 heteroatoms. The largest absolute Gasteiger partial charge is 0.384 e. The summed E-state index contributed by atoms with van der Waals surface area (Å²) in [5, 5.41) is 0. The van der Waals surface area contributed by atoms with Gasteiger partial charge in [-0.05, 0) is 12.1 Å². The molecular weight excluding hydrogens is 164 g/mol. The van der Waals surface area contributed by atoms with Crippen molar-refractivity contribution in [1.82, 2.24) is 15.0 Å². The smallest absolute Gasteiger partial charge is 0.127 e. The third-order valence-electron chi connectivity index (χ3n) is 1.62. The molecule has 2 N–H and O–H groups in total. The predicted octanol–water partition coefficient (Wildman–Crippen LogP) is 1.12. The van der Waals surface area contributed by atoms with E-state index in [4.69, 9.17) is 5.73 Å². The van der Waals surface area contributed by atoms with Gasteiger partial charge in [0.25, 0.3) is 0 Å². The van der Waals surface area contributed by atoms with Crippen LogP contribution in [0.25, 0.3) is 11.4 Å². The van der Waals surface area contributed by atoms with Gasteiger partial charge < -0.3 is 5.73 Å². The van der Waals surface area contributed by atoms with Crippen LogP contribution in [0, 0.1) is 0 Å². The first kappa shape index (κ1) is 7.67. The monoisotopic (exact) mass is 172 g/mol. The number of nitrogens with two attached hydrogens (primary N) is 1. The summed E-state index contributed by atoms with van der Waals surface area (Å²) in [5.74, 6) is 0.454. The van der Waals surface area contributed by atoms with Gasteiger partial charge in [-0.15, -0.1) is 0 Å². The molecule has 2 heterocycles. The number of rotatable bonds is 1. The molecule has 0 atom stereocenters. The number of hydrogen-bond donors (Lipinski definition) is 1. The maximum absolute atomic E-state index is 5.52. The van der Waals surface area contributed by atoms with E-state index in [1.807, 2.05) is 18.2 Å². The van der Waals surface area contributed by atoms with E-state index < -0.39 is 0 Å². The third-order valence-corrected chi connectivity index (χ3v) is 1.62. The minimum absolute atomic E-state index is 0.454. The molecule has 0 aliphatic heterocycles. The number of nitrogens with zero attached hydrogens (tertiary/aromatic N) is 3. The van der Waals surface area contributed by atoms with E-state index in [1.54, 1.807) is 12.3 Å². The summed E-state index contributed by atoms with van der Waals surface area (Å²) in [6.07, 6.45) is 3.15. The lowest BCUT2D eigenvalue weighted by Crippen LogP contribution is -1.93. The molecular formula is C9H8N4. The zero-order chi connectivity index (χ0) is 9.10. The molecule has 0 aliphatic rings. The van der Waals surface area contributed by atoms with Gasteiger partial charge in [0.2, 0.25) is 0 Å². The minimum Gasteiger partial charge on any atom is -0.384 e. The van der Waals surface area contributed by atoms with Gasteiger partial charge in [0, 0.05) is 12.3 Å². The normalized spacial score (nSPS) is 9.85. The highest BCUT2D eigenvalue weighted by molar-refractivity contribution is 5.56. The van der Waals surface area contributed by atoms with Gasteiger partial charge in [-0.25, -0.2) is 9.97 Å². The van der Waals surface area contributed by atoms with Crippen molar-refractivity contribution in [1.29, 1.82) is 0 Å². The Morgan fingerprint density at radius 2 is 1.92 bits per heavy atom. The SMILES string of the molecule is Nc1cc(-c2ccccn2)ncn1. The third kappa shape index (κ3) is 1.61. The van der Waals surface area contributed by atoms with E-state index >= 15 is 0 Å². The quantitative estimate of drug-likeness (QED) is 0.700. The Balaban J connectivity index is 2.48. The summed E-state index contributed by atoms with van der Waals surface area (Å²) in [4.78, 5) is 12.0. The highest BCUT2D eigenvalue weighted by Gasteiger charge is 1.99. The molecule has 2 rings (SSSR count). The average molecular weight is 172 g/mol. The van der Waals surface area contributed by atoms with Crippen LogP contribution >= 0.6 is 0 Å². The van der Waals surface area contributed by atoms with Gasteiger partial charge in [0.1, 0.15) is 12.1 Å². The highest BCUT2D eigenvalue weighted by atomic mass is 14.9. The van der Waals surface area contributed by atoms with Gasteiger partial charge >= 0.3 is 0 Å². The zero-order valence-corrected chi connectivity index (χ0v) is 6.88. The maximum Gasteiger partial charge on any atom is 0.127 e. The highest BCUT2D eigenvalue weighted by Crippen LogP contribution is 2.13. The van der Waals surface area contributed by atoms with Crippen molar-refractivity contribution in [3.8, 4) is 11.4 Å². The van der Waals surface area contributed by atoms with Crippen LogP contribution in [0.15, 0.2) is 36.8 Å². The molecule has 0 spiro atoms. The first-order valence-electron chi connectivity index (χ1n) is 3.85. The van der Waals surface area contributed by atoms with E-state index in [2.05, 4.69) is 15.0 Å². The molecule has 0 aromatic carbocycles. The van der Waals surface area contributed by atoms with Gasteiger partial charge in [0.15, 0.2) is 0 Å². The van der Waals surface area contributed by atoms with Crippen molar-refractivity contribution in [2.45, 2.75) is 0 Å².